The third-order valence-electron chi connectivity index (χ3n) is 4.27. The Labute approximate surface area is 139 Å². The third kappa shape index (κ3) is 3.24. The normalized spacial score (nSPS) is 17.5. The highest BCUT2D eigenvalue weighted by molar-refractivity contribution is 5.39. The molecule has 1 atom stereocenters. The second-order valence-electron chi connectivity index (χ2n) is 6.00. The maximum absolute atomic E-state index is 12.4. The minimum atomic E-state index is -0.482. The second-order valence-corrected chi connectivity index (χ2v) is 6.00. The Kier molecular flexibility index (Phi) is 4.49. The van der Waals surface area contributed by atoms with Crippen LogP contribution in [0.25, 0.3) is 0 Å². The van der Waals surface area contributed by atoms with Crippen LogP contribution in [0.2, 0.25) is 0 Å². The zero-order chi connectivity index (χ0) is 17.1. The standard InChI is InChI=1S/C17H19N5O2/c18-9-12-4-1-2-5-13(12)10-22-16(23)8-15(20-17(22)24)21-7-3-6-14(19)11-21/h1-2,4-5,8,14H,3,6-7,10-11,19H2,(H,20,24). The summed E-state index contributed by atoms with van der Waals surface area (Å²) in [6.45, 7) is 1.46. The summed E-state index contributed by atoms with van der Waals surface area (Å²) >= 11 is 0. The van der Waals surface area contributed by atoms with Crippen LogP contribution in [0.3, 0.4) is 0 Å². The number of H-pyrrole nitrogens is 1. The smallest absolute Gasteiger partial charge is 0.330 e. The molecule has 1 aromatic heterocycles. The van der Waals surface area contributed by atoms with Crippen molar-refractivity contribution in [2.24, 2.45) is 5.73 Å². The first-order valence-corrected chi connectivity index (χ1v) is 7.91. The second kappa shape index (κ2) is 6.72. The number of aromatic amines is 1. The van der Waals surface area contributed by atoms with Gasteiger partial charge in [-0.1, -0.05) is 18.2 Å². The lowest BCUT2D eigenvalue weighted by Crippen LogP contribution is -2.45. The highest BCUT2D eigenvalue weighted by atomic mass is 16.2. The van der Waals surface area contributed by atoms with E-state index in [0.717, 1.165) is 24.0 Å². The van der Waals surface area contributed by atoms with Crippen molar-refractivity contribution in [2.75, 3.05) is 18.0 Å². The lowest BCUT2D eigenvalue weighted by Gasteiger charge is -2.31. The number of hydrogen-bond donors (Lipinski definition) is 2. The van der Waals surface area contributed by atoms with Gasteiger partial charge in [0.05, 0.1) is 18.2 Å². The molecule has 24 heavy (non-hydrogen) atoms. The summed E-state index contributed by atoms with van der Waals surface area (Å²) in [5.74, 6) is 0.505. The first-order valence-electron chi connectivity index (χ1n) is 7.91. The number of rotatable bonds is 3. The first-order chi connectivity index (χ1) is 11.6. The van der Waals surface area contributed by atoms with Crippen LogP contribution in [0.1, 0.15) is 24.0 Å². The monoisotopic (exact) mass is 325 g/mol. The average molecular weight is 325 g/mol. The largest absolute Gasteiger partial charge is 0.356 e. The molecule has 0 radical (unpaired) electrons. The van der Waals surface area contributed by atoms with Crippen molar-refractivity contribution in [3.8, 4) is 6.07 Å². The zero-order valence-corrected chi connectivity index (χ0v) is 13.2. The fourth-order valence-electron chi connectivity index (χ4n) is 2.99. The number of nitrogens with one attached hydrogen (secondary N) is 1. The van der Waals surface area contributed by atoms with Crippen molar-refractivity contribution < 1.29 is 0 Å². The highest BCUT2D eigenvalue weighted by Gasteiger charge is 2.19. The fraction of sp³-hybridized carbons (Fsp3) is 0.353. The van der Waals surface area contributed by atoms with Gasteiger partial charge in [0, 0.05) is 25.2 Å². The SMILES string of the molecule is N#Cc1ccccc1Cn1c(=O)cc(N2CCCC(N)C2)[nH]c1=O. The molecule has 2 aromatic rings. The summed E-state index contributed by atoms with van der Waals surface area (Å²) in [5.41, 5.74) is 6.18. The Balaban J connectivity index is 1.92. The molecule has 0 spiro atoms. The average Bonchev–Trinajstić information content (AvgIpc) is 2.58. The molecular weight excluding hydrogens is 306 g/mol. The maximum Gasteiger partial charge on any atom is 0.330 e. The van der Waals surface area contributed by atoms with Crippen molar-refractivity contribution >= 4 is 5.82 Å². The molecule has 0 bridgehead atoms. The van der Waals surface area contributed by atoms with Crippen molar-refractivity contribution in [3.05, 3.63) is 62.3 Å². The number of anilines is 1. The van der Waals surface area contributed by atoms with Gasteiger partial charge in [0.1, 0.15) is 5.82 Å². The molecule has 1 saturated heterocycles. The van der Waals surface area contributed by atoms with Gasteiger partial charge in [-0.15, -0.1) is 0 Å². The Morgan fingerprint density at radius 2 is 2.12 bits per heavy atom. The molecule has 7 heteroatoms. The lowest BCUT2D eigenvalue weighted by atomic mass is 10.1. The molecule has 1 aliphatic heterocycles. The number of hydrogen-bond acceptors (Lipinski definition) is 5. The summed E-state index contributed by atoms with van der Waals surface area (Å²) < 4.78 is 1.10. The van der Waals surface area contributed by atoms with Crippen LogP contribution >= 0.6 is 0 Å². The van der Waals surface area contributed by atoms with Gasteiger partial charge in [-0.3, -0.25) is 14.3 Å². The number of nitrogens with zero attached hydrogens (tertiary/aromatic N) is 3. The summed E-state index contributed by atoms with van der Waals surface area (Å²) in [5, 5.41) is 9.13. The van der Waals surface area contributed by atoms with E-state index in [4.69, 9.17) is 11.0 Å². The zero-order valence-electron chi connectivity index (χ0n) is 13.2. The number of benzene rings is 1. The van der Waals surface area contributed by atoms with E-state index in [1.165, 1.54) is 6.07 Å². The molecule has 1 unspecified atom stereocenters. The van der Waals surface area contributed by atoms with Gasteiger partial charge in [0.2, 0.25) is 0 Å². The first kappa shape index (κ1) is 16.0. The number of nitriles is 1. The van der Waals surface area contributed by atoms with Crippen LogP contribution < -0.4 is 21.9 Å². The van der Waals surface area contributed by atoms with E-state index < -0.39 is 5.69 Å². The molecule has 1 aromatic carbocycles. The minimum absolute atomic E-state index is 0.0483. The van der Waals surface area contributed by atoms with Crippen molar-refractivity contribution in [1.82, 2.24) is 9.55 Å². The maximum atomic E-state index is 12.4. The summed E-state index contributed by atoms with van der Waals surface area (Å²) in [6, 6.07) is 10.5. The molecule has 1 aliphatic rings. The third-order valence-corrected chi connectivity index (χ3v) is 4.27. The molecule has 3 rings (SSSR count). The molecule has 124 valence electrons. The van der Waals surface area contributed by atoms with E-state index >= 15 is 0 Å². The fourth-order valence-corrected chi connectivity index (χ4v) is 2.99. The van der Waals surface area contributed by atoms with Crippen LogP contribution in [0.5, 0.6) is 0 Å². The number of aromatic nitrogens is 2. The Bertz CT molecular complexity index is 862. The Morgan fingerprint density at radius 3 is 2.83 bits per heavy atom. The molecule has 3 N–H and O–H groups in total. The van der Waals surface area contributed by atoms with Gasteiger partial charge >= 0.3 is 5.69 Å². The predicted octanol–water partition coefficient (Wildman–Crippen LogP) is 0.384. The van der Waals surface area contributed by atoms with Gasteiger partial charge in [-0.05, 0) is 24.5 Å². The minimum Gasteiger partial charge on any atom is -0.356 e. The Morgan fingerprint density at radius 1 is 1.33 bits per heavy atom. The van der Waals surface area contributed by atoms with E-state index in [1.807, 2.05) is 4.90 Å². The van der Waals surface area contributed by atoms with Crippen molar-refractivity contribution in [2.45, 2.75) is 25.4 Å². The van der Waals surface area contributed by atoms with Crippen LogP contribution in [0, 0.1) is 11.3 Å². The summed E-state index contributed by atoms with van der Waals surface area (Å²) in [6.07, 6.45) is 1.88. The quantitative estimate of drug-likeness (QED) is 0.848. The summed E-state index contributed by atoms with van der Waals surface area (Å²) in [4.78, 5) is 29.4. The van der Waals surface area contributed by atoms with Crippen LogP contribution in [0.15, 0.2) is 39.9 Å². The molecule has 1 fully saturated rings. The molecule has 7 nitrogen and oxygen atoms in total. The van der Waals surface area contributed by atoms with E-state index in [9.17, 15) is 9.59 Å². The molecular formula is C17H19N5O2. The van der Waals surface area contributed by atoms with Crippen LogP contribution in [0.4, 0.5) is 5.82 Å². The van der Waals surface area contributed by atoms with E-state index in [0.29, 0.717) is 23.5 Å². The predicted molar refractivity (Wildman–Crippen MR) is 91.0 cm³/mol. The molecule has 0 aliphatic carbocycles. The van der Waals surface area contributed by atoms with Crippen molar-refractivity contribution in [1.29, 1.82) is 5.26 Å². The highest BCUT2D eigenvalue weighted by Crippen LogP contribution is 2.14. The topological polar surface area (TPSA) is 108 Å². The van der Waals surface area contributed by atoms with Gasteiger partial charge in [0.25, 0.3) is 5.56 Å². The number of nitrogens with two attached hydrogens (primary N) is 1. The van der Waals surface area contributed by atoms with Gasteiger partial charge < -0.3 is 10.6 Å². The van der Waals surface area contributed by atoms with Gasteiger partial charge in [-0.25, -0.2) is 4.79 Å². The van der Waals surface area contributed by atoms with Gasteiger partial charge in [-0.2, -0.15) is 5.26 Å². The van der Waals surface area contributed by atoms with Crippen molar-refractivity contribution in [3.63, 3.8) is 0 Å². The van der Waals surface area contributed by atoms with E-state index in [-0.39, 0.29) is 18.1 Å². The summed E-state index contributed by atoms with van der Waals surface area (Å²) in [7, 11) is 0. The van der Waals surface area contributed by atoms with E-state index in [2.05, 4.69) is 11.1 Å². The molecule has 0 saturated carbocycles. The Hall–Kier alpha value is -2.85. The van der Waals surface area contributed by atoms with E-state index in [1.54, 1.807) is 24.3 Å². The van der Waals surface area contributed by atoms with Crippen LogP contribution in [-0.2, 0) is 6.54 Å². The van der Waals surface area contributed by atoms with Crippen LogP contribution in [-0.4, -0.2) is 28.7 Å². The molecule has 0 amide bonds. The van der Waals surface area contributed by atoms with Gasteiger partial charge in [0.15, 0.2) is 0 Å². The lowest BCUT2D eigenvalue weighted by molar-refractivity contribution is 0.501. The number of piperidine rings is 1. The molecule has 2 heterocycles.